The van der Waals surface area contributed by atoms with E-state index >= 15 is 0 Å². The van der Waals surface area contributed by atoms with E-state index in [0.29, 0.717) is 18.1 Å². The van der Waals surface area contributed by atoms with Crippen LogP contribution in [0.3, 0.4) is 0 Å². The van der Waals surface area contributed by atoms with E-state index in [2.05, 4.69) is 6.92 Å². The fourth-order valence-corrected chi connectivity index (χ4v) is 5.90. The van der Waals surface area contributed by atoms with Gasteiger partial charge in [-0.2, -0.15) is 5.26 Å². The summed E-state index contributed by atoms with van der Waals surface area (Å²) >= 11 is 0. The molecule has 4 nitrogen and oxygen atoms in total. The van der Waals surface area contributed by atoms with E-state index < -0.39 is 11.8 Å². The summed E-state index contributed by atoms with van der Waals surface area (Å²) < 4.78 is 25.0. The predicted molar refractivity (Wildman–Crippen MR) is 134 cm³/mol. The third kappa shape index (κ3) is 6.84. The Kier molecular flexibility index (Phi) is 8.79. The van der Waals surface area contributed by atoms with Crippen LogP contribution in [0.15, 0.2) is 42.5 Å². The van der Waals surface area contributed by atoms with E-state index in [1.807, 2.05) is 0 Å². The van der Waals surface area contributed by atoms with E-state index in [-0.39, 0.29) is 11.3 Å². The van der Waals surface area contributed by atoms with Gasteiger partial charge >= 0.3 is 5.97 Å². The van der Waals surface area contributed by atoms with Crippen LogP contribution in [0.1, 0.15) is 87.1 Å². The first-order valence-electron chi connectivity index (χ1n) is 13.2. The Hall–Kier alpha value is -2.87. The van der Waals surface area contributed by atoms with Gasteiger partial charge in [0.1, 0.15) is 23.4 Å². The van der Waals surface area contributed by atoms with Gasteiger partial charge in [-0.15, -0.1) is 0 Å². The molecule has 2 fully saturated rings. The zero-order chi connectivity index (χ0) is 24.6. The molecule has 2 aromatic carbocycles. The summed E-state index contributed by atoms with van der Waals surface area (Å²) in [6.45, 7) is 3.02. The van der Waals surface area contributed by atoms with Crippen LogP contribution in [0.25, 0.3) is 0 Å². The van der Waals surface area contributed by atoms with E-state index in [4.69, 9.17) is 14.7 Å². The number of hydrogen-bond donors (Lipinski definition) is 0. The van der Waals surface area contributed by atoms with Crippen LogP contribution in [0, 0.1) is 40.8 Å². The SMILES string of the molecule is CCCC1CCC(C2CCC(COc3ccc(C(=O)Oc4ccc(C#N)c(F)c4)cc3)CC2)CC1. The standard InChI is InChI=1S/C30H36FNO3/c1-2-3-21-4-8-23(9-5-21)24-10-6-22(7-11-24)20-34-27-15-12-25(13-16-27)30(33)35-28-17-14-26(19-32)29(31)18-28/h12-18,21-24H,2-11,20H2,1H3. The number of ether oxygens (including phenoxy) is 2. The summed E-state index contributed by atoms with van der Waals surface area (Å²) in [7, 11) is 0. The van der Waals surface area contributed by atoms with Gasteiger partial charge < -0.3 is 9.47 Å². The quantitative estimate of drug-likeness (QED) is 0.289. The first-order valence-corrected chi connectivity index (χ1v) is 13.2. The predicted octanol–water partition coefficient (Wildman–Crippen LogP) is 7.71. The van der Waals surface area contributed by atoms with Gasteiger partial charge in [0.15, 0.2) is 0 Å². The van der Waals surface area contributed by atoms with Crippen molar-refractivity contribution in [3.8, 4) is 17.6 Å². The van der Waals surface area contributed by atoms with Crippen molar-refractivity contribution in [3.05, 3.63) is 59.4 Å². The van der Waals surface area contributed by atoms with E-state index in [0.717, 1.165) is 29.6 Å². The van der Waals surface area contributed by atoms with Gasteiger partial charge in [0.05, 0.1) is 17.7 Å². The molecule has 0 amide bonds. The van der Waals surface area contributed by atoms with E-state index in [1.165, 1.54) is 76.3 Å². The molecule has 2 aromatic rings. The van der Waals surface area contributed by atoms with Crippen molar-refractivity contribution < 1.29 is 18.7 Å². The zero-order valence-electron chi connectivity index (χ0n) is 20.7. The molecule has 0 aromatic heterocycles. The highest BCUT2D eigenvalue weighted by molar-refractivity contribution is 5.91. The molecular formula is C30H36FNO3. The lowest BCUT2D eigenvalue weighted by Crippen LogP contribution is -2.27. The molecule has 2 saturated carbocycles. The number of rotatable bonds is 8. The molecule has 0 N–H and O–H groups in total. The molecule has 2 aliphatic carbocycles. The summed E-state index contributed by atoms with van der Waals surface area (Å²) in [4.78, 5) is 12.4. The molecule has 0 bridgehead atoms. The molecule has 0 aliphatic heterocycles. The highest BCUT2D eigenvalue weighted by atomic mass is 19.1. The van der Waals surface area contributed by atoms with Crippen molar-refractivity contribution in [1.29, 1.82) is 5.26 Å². The Morgan fingerprint density at radius 2 is 1.51 bits per heavy atom. The molecule has 0 radical (unpaired) electrons. The molecule has 0 saturated heterocycles. The smallest absolute Gasteiger partial charge is 0.343 e. The summed E-state index contributed by atoms with van der Waals surface area (Å²) in [5, 5.41) is 8.80. The van der Waals surface area contributed by atoms with Crippen LogP contribution in [0.5, 0.6) is 11.5 Å². The lowest BCUT2D eigenvalue weighted by Gasteiger charge is -2.37. The van der Waals surface area contributed by atoms with Gasteiger partial charge in [-0.3, -0.25) is 0 Å². The fourth-order valence-electron chi connectivity index (χ4n) is 5.90. The highest BCUT2D eigenvalue weighted by Crippen LogP contribution is 2.42. The molecule has 0 atom stereocenters. The normalized spacial score (nSPS) is 24.4. The molecule has 0 unspecified atom stereocenters. The minimum Gasteiger partial charge on any atom is -0.493 e. The van der Waals surface area contributed by atoms with Gasteiger partial charge in [-0.25, -0.2) is 9.18 Å². The number of halogens is 1. The largest absolute Gasteiger partial charge is 0.493 e. The third-order valence-electron chi connectivity index (χ3n) is 7.99. The van der Waals surface area contributed by atoms with Crippen molar-refractivity contribution in [2.24, 2.45) is 23.7 Å². The van der Waals surface area contributed by atoms with Gasteiger partial charge in [0.2, 0.25) is 0 Å². The number of hydrogen-bond acceptors (Lipinski definition) is 4. The number of carbonyl (C=O) groups excluding carboxylic acids is 1. The Morgan fingerprint density at radius 3 is 2.09 bits per heavy atom. The maximum atomic E-state index is 13.7. The van der Waals surface area contributed by atoms with E-state index in [9.17, 15) is 9.18 Å². The topological polar surface area (TPSA) is 59.3 Å². The van der Waals surface area contributed by atoms with Crippen LogP contribution < -0.4 is 9.47 Å². The molecular weight excluding hydrogens is 441 g/mol. The average molecular weight is 478 g/mol. The molecule has 0 heterocycles. The molecule has 2 aliphatic rings. The number of esters is 1. The molecule has 0 spiro atoms. The molecule has 35 heavy (non-hydrogen) atoms. The minimum atomic E-state index is -0.713. The highest BCUT2D eigenvalue weighted by Gasteiger charge is 2.30. The number of nitriles is 1. The number of nitrogens with zero attached hydrogens (tertiary/aromatic N) is 1. The maximum Gasteiger partial charge on any atom is 0.343 e. The van der Waals surface area contributed by atoms with Gasteiger partial charge in [-0.05, 0) is 98.6 Å². The zero-order valence-corrected chi connectivity index (χ0v) is 20.7. The van der Waals surface area contributed by atoms with Crippen LogP contribution in [-0.2, 0) is 0 Å². The van der Waals surface area contributed by atoms with Crippen LogP contribution in [0.2, 0.25) is 0 Å². The molecule has 5 heteroatoms. The van der Waals surface area contributed by atoms with Gasteiger partial charge in [-0.1, -0.05) is 32.6 Å². The first-order chi connectivity index (χ1) is 17.1. The lowest BCUT2D eigenvalue weighted by molar-refractivity contribution is 0.0734. The molecule has 4 rings (SSSR count). The Balaban J connectivity index is 1.19. The number of carbonyl (C=O) groups is 1. The molecule has 186 valence electrons. The Labute approximate surface area is 208 Å². The second kappa shape index (κ2) is 12.2. The summed E-state index contributed by atoms with van der Waals surface area (Å²) in [5.74, 6) is 2.94. The van der Waals surface area contributed by atoms with Crippen LogP contribution >= 0.6 is 0 Å². The van der Waals surface area contributed by atoms with Crippen molar-refractivity contribution >= 4 is 5.97 Å². The minimum absolute atomic E-state index is 0.0661. The van der Waals surface area contributed by atoms with Crippen LogP contribution in [-0.4, -0.2) is 12.6 Å². The lowest BCUT2D eigenvalue weighted by atomic mass is 9.69. The summed E-state index contributed by atoms with van der Waals surface area (Å²) in [6.07, 6.45) is 13.6. The fraction of sp³-hybridized carbons (Fsp3) is 0.533. The van der Waals surface area contributed by atoms with Crippen LogP contribution in [0.4, 0.5) is 4.39 Å². The van der Waals surface area contributed by atoms with Crippen molar-refractivity contribution in [3.63, 3.8) is 0 Å². The third-order valence-corrected chi connectivity index (χ3v) is 7.99. The summed E-state index contributed by atoms with van der Waals surface area (Å²) in [5.41, 5.74) is 0.269. The first kappa shape index (κ1) is 25.2. The Morgan fingerprint density at radius 1 is 0.914 bits per heavy atom. The second-order valence-corrected chi connectivity index (χ2v) is 10.3. The Bertz CT molecular complexity index is 1010. The van der Waals surface area contributed by atoms with Gasteiger partial charge in [0.25, 0.3) is 0 Å². The monoisotopic (exact) mass is 477 g/mol. The van der Waals surface area contributed by atoms with Gasteiger partial charge in [0, 0.05) is 6.07 Å². The number of benzene rings is 2. The second-order valence-electron chi connectivity index (χ2n) is 10.3. The summed E-state index contributed by atoms with van der Waals surface area (Å²) in [6, 6.07) is 12.3. The van der Waals surface area contributed by atoms with Crippen molar-refractivity contribution in [2.75, 3.05) is 6.61 Å². The van der Waals surface area contributed by atoms with E-state index in [1.54, 1.807) is 30.3 Å². The maximum absolute atomic E-state index is 13.7. The van der Waals surface area contributed by atoms with Crippen molar-refractivity contribution in [1.82, 2.24) is 0 Å². The van der Waals surface area contributed by atoms with Crippen molar-refractivity contribution in [2.45, 2.75) is 71.1 Å². The average Bonchev–Trinajstić information content (AvgIpc) is 2.89.